The number of hydrogen-bond acceptors (Lipinski definition) is 5. The second kappa shape index (κ2) is 9.01. The minimum absolute atomic E-state index is 0.0555. The molecule has 1 aromatic carbocycles. The molecule has 28 heavy (non-hydrogen) atoms. The largest absolute Gasteiger partial charge is 0.465 e. The molecule has 2 heterocycles. The average molecular weight is 401 g/mol. The third-order valence-corrected chi connectivity index (χ3v) is 5.89. The number of carbonyl (C=O) groups excluding carboxylic acids is 3. The van der Waals surface area contributed by atoms with Crippen molar-refractivity contribution >= 4 is 29.1 Å². The van der Waals surface area contributed by atoms with Gasteiger partial charge in [-0.3, -0.25) is 9.59 Å². The van der Waals surface area contributed by atoms with E-state index < -0.39 is 0 Å². The Balaban J connectivity index is 1.51. The van der Waals surface area contributed by atoms with Crippen LogP contribution in [0, 0.1) is 5.92 Å². The van der Waals surface area contributed by atoms with Gasteiger partial charge in [-0.1, -0.05) is 18.2 Å². The lowest BCUT2D eigenvalue weighted by atomic mass is 9.95. The third kappa shape index (κ3) is 4.59. The predicted octanol–water partition coefficient (Wildman–Crippen LogP) is 3.05. The van der Waals surface area contributed by atoms with Crippen molar-refractivity contribution in [3.05, 3.63) is 57.8 Å². The summed E-state index contributed by atoms with van der Waals surface area (Å²) in [6, 6.07) is 10.8. The summed E-state index contributed by atoms with van der Waals surface area (Å²) >= 11 is 1.45. The van der Waals surface area contributed by atoms with Gasteiger partial charge < -0.3 is 14.5 Å². The Labute approximate surface area is 168 Å². The maximum absolute atomic E-state index is 12.8. The van der Waals surface area contributed by atoms with E-state index >= 15 is 0 Å². The van der Waals surface area contributed by atoms with Gasteiger partial charge in [-0.2, -0.15) is 0 Å². The summed E-state index contributed by atoms with van der Waals surface area (Å²) in [5, 5.41) is 1.90. The highest BCUT2D eigenvalue weighted by Crippen LogP contribution is 2.23. The summed E-state index contributed by atoms with van der Waals surface area (Å²) in [6.07, 6.45) is 1.36. The minimum atomic E-state index is -0.375. The van der Waals surface area contributed by atoms with Crippen LogP contribution in [0.1, 0.15) is 38.4 Å². The van der Waals surface area contributed by atoms with Gasteiger partial charge in [-0.05, 0) is 42.0 Å². The summed E-state index contributed by atoms with van der Waals surface area (Å²) in [5.74, 6) is -0.285. The highest BCUT2D eigenvalue weighted by Gasteiger charge is 2.29. The van der Waals surface area contributed by atoms with Crippen LogP contribution in [0.4, 0.5) is 0 Å². The quantitative estimate of drug-likeness (QED) is 0.724. The highest BCUT2D eigenvalue weighted by atomic mass is 32.1. The van der Waals surface area contributed by atoms with Crippen LogP contribution in [0.3, 0.4) is 0 Å². The number of ether oxygens (including phenoxy) is 1. The molecule has 1 fully saturated rings. The molecule has 0 aliphatic carbocycles. The fourth-order valence-electron chi connectivity index (χ4n) is 3.41. The summed E-state index contributed by atoms with van der Waals surface area (Å²) < 4.78 is 4.69. The van der Waals surface area contributed by atoms with Gasteiger partial charge in [0.2, 0.25) is 5.91 Å². The number of carbonyl (C=O) groups is 3. The molecule has 0 saturated carbocycles. The van der Waals surface area contributed by atoms with E-state index in [1.54, 1.807) is 24.1 Å². The smallest absolute Gasteiger partial charge is 0.337 e. The zero-order valence-electron chi connectivity index (χ0n) is 16.1. The lowest BCUT2D eigenvalue weighted by Gasteiger charge is -2.33. The lowest BCUT2D eigenvalue weighted by Crippen LogP contribution is -2.43. The number of benzene rings is 1. The van der Waals surface area contributed by atoms with Crippen LogP contribution in [-0.4, -0.2) is 54.8 Å². The van der Waals surface area contributed by atoms with E-state index in [-0.39, 0.29) is 23.7 Å². The lowest BCUT2D eigenvalue weighted by molar-refractivity contribution is -0.136. The van der Waals surface area contributed by atoms with E-state index in [9.17, 15) is 14.4 Å². The first-order valence-corrected chi connectivity index (χ1v) is 10.1. The third-order valence-electron chi connectivity index (χ3n) is 5.03. The van der Waals surface area contributed by atoms with Crippen molar-refractivity contribution in [1.29, 1.82) is 0 Å². The van der Waals surface area contributed by atoms with Crippen molar-refractivity contribution < 1.29 is 19.1 Å². The van der Waals surface area contributed by atoms with Gasteiger partial charge in [0.05, 0.1) is 17.6 Å². The van der Waals surface area contributed by atoms with Crippen LogP contribution >= 0.6 is 11.3 Å². The molecule has 0 spiro atoms. The number of rotatable bonds is 5. The second-order valence-electron chi connectivity index (χ2n) is 6.93. The normalized spacial score (nSPS) is 14.6. The number of thiophene rings is 1. The Hall–Kier alpha value is -2.67. The predicted molar refractivity (Wildman–Crippen MR) is 107 cm³/mol. The number of nitrogens with zero attached hydrogens (tertiary/aromatic N) is 2. The van der Waals surface area contributed by atoms with Crippen LogP contribution in [0.25, 0.3) is 0 Å². The zero-order valence-corrected chi connectivity index (χ0v) is 16.9. The molecule has 0 N–H and O–H groups in total. The molecule has 1 aliphatic heterocycles. The van der Waals surface area contributed by atoms with Gasteiger partial charge in [-0.25, -0.2) is 4.79 Å². The first-order valence-electron chi connectivity index (χ1n) is 9.24. The van der Waals surface area contributed by atoms with Crippen molar-refractivity contribution in [2.75, 3.05) is 27.2 Å². The number of esters is 1. The Morgan fingerprint density at radius 3 is 2.39 bits per heavy atom. The van der Waals surface area contributed by atoms with Crippen molar-refractivity contribution in [2.24, 2.45) is 5.92 Å². The number of amides is 2. The molecule has 1 saturated heterocycles. The van der Waals surface area contributed by atoms with Crippen LogP contribution < -0.4 is 0 Å². The van der Waals surface area contributed by atoms with E-state index in [0.717, 1.165) is 10.4 Å². The molecule has 0 unspecified atom stereocenters. The average Bonchev–Trinajstić information content (AvgIpc) is 3.27. The molecule has 0 bridgehead atoms. The first kappa shape index (κ1) is 20.1. The maximum Gasteiger partial charge on any atom is 0.337 e. The molecule has 3 rings (SSSR count). The van der Waals surface area contributed by atoms with Crippen LogP contribution in [0.5, 0.6) is 0 Å². The van der Waals surface area contributed by atoms with Gasteiger partial charge >= 0.3 is 5.97 Å². The molecule has 7 heteroatoms. The van der Waals surface area contributed by atoms with Gasteiger partial charge in [0, 0.05) is 32.6 Å². The van der Waals surface area contributed by atoms with Crippen molar-refractivity contribution in [2.45, 2.75) is 19.4 Å². The number of likely N-dealkylation sites (tertiary alicyclic amines) is 1. The molecule has 2 aromatic rings. The van der Waals surface area contributed by atoms with Gasteiger partial charge in [0.1, 0.15) is 0 Å². The van der Waals surface area contributed by atoms with E-state index in [2.05, 4.69) is 0 Å². The molecule has 0 radical (unpaired) electrons. The molecular formula is C21H24N2O4S. The Morgan fingerprint density at radius 2 is 1.82 bits per heavy atom. The number of hydrogen-bond donors (Lipinski definition) is 0. The Kier molecular flexibility index (Phi) is 6.46. The first-order chi connectivity index (χ1) is 13.5. The standard InChI is InChI=1S/C21H24N2O4S/c1-22(14-15-5-7-17(8-6-15)21(26)27-2)19(24)16-9-11-23(12-10-16)20(25)18-4-3-13-28-18/h3-8,13,16H,9-12,14H2,1-2H3. The minimum Gasteiger partial charge on any atom is -0.465 e. The van der Waals surface area contributed by atoms with Crippen molar-refractivity contribution in [3.8, 4) is 0 Å². The van der Waals surface area contributed by atoms with Crippen LogP contribution in [0.15, 0.2) is 41.8 Å². The van der Waals surface area contributed by atoms with Crippen molar-refractivity contribution in [1.82, 2.24) is 9.80 Å². The Morgan fingerprint density at radius 1 is 1.14 bits per heavy atom. The van der Waals surface area contributed by atoms with Crippen LogP contribution in [0.2, 0.25) is 0 Å². The van der Waals surface area contributed by atoms with E-state index in [1.165, 1.54) is 18.4 Å². The van der Waals surface area contributed by atoms with E-state index in [0.29, 0.717) is 38.0 Å². The summed E-state index contributed by atoms with van der Waals surface area (Å²) in [5.41, 5.74) is 1.44. The summed E-state index contributed by atoms with van der Waals surface area (Å²) in [4.78, 5) is 41.0. The molecular weight excluding hydrogens is 376 g/mol. The highest BCUT2D eigenvalue weighted by molar-refractivity contribution is 7.12. The molecule has 1 aromatic heterocycles. The SMILES string of the molecule is COC(=O)c1ccc(CN(C)C(=O)C2CCN(C(=O)c3cccs3)CC2)cc1. The fraction of sp³-hybridized carbons (Fsp3) is 0.381. The number of methoxy groups -OCH3 is 1. The Bertz CT molecular complexity index is 825. The van der Waals surface area contributed by atoms with Crippen LogP contribution in [-0.2, 0) is 16.1 Å². The van der Waals surface area contributed by atoms with Crippen molar-refractivity contribution in [3.63, 3.8) is 0 Å². The topological polar surface area (TPSA) is 66.9 Å². The van der Waals surface area contributed by atoms with E-state index in [4.69, 9.17) is 4.74 Å². The zero-order chi connectivity index (χ0) is 20.1. The second-order valence-corrected chi connectivity index (χ2v) is 7.87. The summed E-state index contributed by atoms with van der Waals surface area (Å²) in [7, 11) is 3.14. The number of piperidine rings is 1. The van der Waals surface area contributed by atoms with E-state index in [1.807, 2.05) is 34.5 Å². The van der Waals surface area contributed by atoms with Gasteiger partial charge in [-0.15, -0.1) is 11.3 Å². The molecule has 148 valence electrons. The summed E-state index contributed by atoms with van der Waals surface area (Å²) in [6.45, 7) is 1.69. The molecule has 0 atom stereocenters. The molecule has 6 nitrogen and oxygen atoms in total. The monoisotopic (exact) mass is 400 g/mol. The molecule has 1 aliphatic rings. The molecule has 2 amide bonds. The maximum atomic E-state index is 12.8. The van der Waals surface area contributed by atoms with Gasteiger partial charge in [0.15, 0.2) is 0 Å². The fourth-order valence-corrected chi connectivity index (χ4v) is 4.10. The van der Waals surface area contributed by atoms with Gasteiger partial charge in [0.25, 0.3) is 5.91 Å².